The lowest BCUT2D eigenvalue weighted by atomic mass is 10.2. The Balaban J connectivity index is 2.41. The molecule has 0 aromatic heterocycles. The predicted molar refractivity (Wildman–Crippen MR) is 77.9 cm³/mol. The maximum Gasteiger partial charge on any atom is 0.184 e. The molecule has 2 aromatic rings. The van der Waals surface area contributed by atoms with Gasteiger partial charge in [0.1, 0.15) is 0 Å². The first kappa shape index (κ1) is 14.4. The predicted octanol–water partition coefficient (Wildman–Crippen LogP) is 2.77. The number of rotatable bonds is 3. The van der Waals surface area contributed by atoms with Crippen LogP contribution in [0.15, 0.2) is 47.4 Å². The van der Waals surface area contributed by atoms with E-state index in [1.807, 2.05) is 6.07 Å². The molecule has 0 amide bonds. The Morgan fingerprint density at radius 2 is 1.95 bits per heavy atom. The third-order valence-corrected chi connectivity index (χ3v) is 4.70. The van der Waals surface area contributed by atoms with Crippen molar-refractivity contribution in [2.75, 3.05) is 5.73 Å². The summed E-state index contributed by atoms with van der Waals surface area (Å²) in [5.74, 6) is -0.229. The SMILES string of the molecule is N#Cc1cccc(CS(=O)(=O)c2cc(Cl)ccc2N)c1. The maximum absolute atomic E-state index is 12.4. The van der Waals surface area contributed by atoms with E-state index in [4.69, 9.17) is 22.6 Å². The molecule has 2 N–H and O–H groups in total. The zero-order valence-corrected chi connectivity index (χ0v) is 11.9. The lowest BCUT2D eigenvalue weighted by Crippen LogP contribution is -2.08. The first-order chi connectivity index (χ1) is 9.42. The Morgan fingerprint density at radius 1 is 1.20 bits per heavy atom. The molecule has 4 nitrogen and oxygen atoms in total. The van der Waals surface area contributed by atoms with Gasteiger partial charge in [-0.2, -0.15) is 5.26 Å². The normalized spacial score (nSPS) is 11.0. The Bertz CT molecular complexity index is 795. The van der Waals surface area contributed by atoms with E-state index in [2.05, 4.69) is 0 Å². The van der Waals surface area contributed by atoms with Crippen LogP contribution in [0.3, 0.4) is 0 Å². The Labute approximate surface area is 122 Å². The van der Waals surface area contributed by atoms with Crippen LogP contribution in [-0.4, -0.2) is 8.42 Å². The first-order valence-corrected chi connectivity index (χ1v) is 7.72. The van der Waals surface area contributed by atoms with Gasteiger partial charge in [0.05, 0.1) is 28.0 Å². The summed E-state index contributed by atoms with van der Waals surface area (Å²) in [6, 6.07) is 12.8. The summed E-state index contributed by atoms with van der Waals surface area (Å²) in [4.78, 5) is 0.00682. The molecular formula is C14H11ClN2O2S. The average molecular weight is 307 g/mol. The van der Waals surface area contributed by atoms with Crippen LogP contribution in [0.2, 0.25) is 5.02 Å². The molecule has 0 saturated carbocycles. The molecule has 0 atom stereocenters. The quantitative estimate of drug-likeness (QED) is 0.884. The number of sulfone groups is 1. The average Bonchev–Trinajstić information content (AvgIpc) is 2.41. The number of nitrogen functional groups attached to an aromatic ring is 1. The number of nitrogens with zero attached hydrogens (tertiary/aromatic N) is 1. The van der Waals surface area contributed by atoms with Crippen molar-refractivity contribution in [2.24, 2.45) is 0 Å². The van der Waals surface area contributed by atoms with Crippen LogP contribution in [0, 0.1) is 11.3 Å². The smallest absolute Gasteiger partial charge is 0.184 e. The molecule has 0 aliphatic heterocycles. The van der Waals surface area contributed by atoms with Gasteiger partial charge in [0.2, 0.25) is 0 Å². The second kappa shape index (κ2) is 5.53. The number of hydrogen-bond donors (Lipinski definition) is 1. The minimum atomic E-state index is -3.61. The molecule has 6 heteroatoms. The van der Waals surface area contributed by atoms with Gasteiger partial charge in [-0.3, -0.25) is 0 Å². The topological polar surface area (TPSA) is 84.0 Å². The van der Waals surface area contributed by atoms with Crippen molar-refractivity contribution in [3.63, 3.8) is 0 Å². The van der Waals surface area contributed by atoms with Crippen molar-refractivity contribution < 1.29 is 8.42 Å². The minimum absolute atomic E-state index is 0.00682. The Morgan fingerprint density at radius 3 is 2.65 bits per heavy atom. The molecule has 2 aromatic carbocycles. The number of benzene rings is 2. The van der Waals surface area contributed by atoms with Crippen LogP contribution in [0.4, 0.5) is 5.69 Å². The van der Waals surface area contributed by atoms with E-state index in [1.54, 1.807) is 18.2 Å². The molecule has 2 rings (SSSR count). The van der Waals surface area contributed by atoms with E-state index in [9.17, 15) is 8.42 Å². The molecule has 0 spiro atoms. The standard InChI is InChI=1S/C14H11ClN2O2S/c15-12-4-5-13(17)14(7-12)20(18,19)9-11-3-1-2-10(6-11)8-16/h1-7H,9,17H2. The first-order valence-electron chi connectivity index (χ1n) is 5.69. The molecule has 0 radical (unpaired) electrons. The van der Waals surface area contributed by atoms with Crippen LogP contribution in [0.25, 0.3) is 0 Å². The van der Waals surface area contributed by atoms with Gasteiger partial charge in [0.15, 0.2) is 9.84 Å². The number of anilines is 1. The summed E-state index contributed by atoms with van der Waals surface area (Å²) in [5, 5.41) is 9.13. The fourth-order valence-corrected chi connectivity index (χ4v) is 3.55. The highest BCUT2D eigenvalue weighted by molar-refractivity contribution is 7.90. The van der Waals surface area contributed by atoms with Crippen LogP contribution in [-0.2, 0) is 15.6 Å². The van der Waals surface area contributed by atoms with Gasteiger partial charge in [0, 0.05) is 5.02 Å². The van der Waals surface area contributed by atoms with Crippen LogP contribution < -0.4 is 5.73 Å². The lowest BCUT2D eigenvalue weighted by Gasteiger charge is -2.08. The summed E-state index contributed by atoms with van der Waals surface area (Å²) in [7, 11) is -3.61. The second-order valence-corrected chi connectivity index (χ2v) is 6.65. The third-order valence-electron chi connectivity index (χ3n) is 2.72. The molecule has 0 saturated heterocycles. The molecule has 0 unspecified atom stereocenters. The molecule has 0 bridgehead atoms. The molecule has 0 aliphatic carbocycles. The highest BCUT2D eigenvalue weighted by atomic mass is 35.5. The fourth-order valence-electron chi connectivity index (χ4n) is 1.81. The Hall–Kier alpha value is -2.03. The van der Waals surface area contributed by atoms with Gasteiger partial charge in [-0.25, -0.2) is 8.42 Å². The Kier molecular flexibility index (Phi) is 3.98. The van der Waals surface area contributed by atoms with E-state index in [1.165, 1.54) is 24.3 Å². The van der Waals surface area contributed by atoms with Gasteiger partial charge >= 0.3 is 0 Å². The molecule has 102 valence electrons. The second-order valence-electron chi connectivity index (χ2n) is 4.25. The van der Waals surface area contributed by atoms with E-state index in [0.29, 0.717) is 16.1 Å². The molecule has 0 fully saturated rings. The zero-order valence-electron chi connectivity index (χ0n) is 10.4. The van der Waals surface area contributed by atoms with Crippen molar-refractivity contribution in [3.8, 4) is 6.07 Å². The van der Waals surface area contributed by atoms with Crippen LogP contribution in [0.5, 0.6) is 0 Å². The lowest BCUT2D eigenvalue weighted by molar-refractivity contribution is 0.595. The van der Waals surface area contributed by atoms with Crippen LogP contribution >= 0.6 is 11.6 Å². The summed E-state index contributed by atoms with van der Waals surface area (Å²) in [5.41, 5.74) is 6.80. The van der Waals surface area contributed by atoms with Crippen molar-refractivity contribution in [3.05, 3.63) is 58.6 Å². The summed E-state index contributed by atoms with van der Waals surface area (Å²) in [6.45, 7) is 0. The summed E-state index contributed by atoms with van der Waals surface area (Å²) in [6.07, 6.45) is 0. The number of nitriles is 1. The van der Waals surface area contributed by atoms with Crippen molar-refractivity contribution in [2.45, 2.75) is 10.6 Å². The highest BCUT2D eigenvalue weighted by Gasteiger charge is 2.19. The largest absolute Gasteiger partial charge is 0.398 e. The van der Waals surface area contributed by atoms with Gasteiger partial charge in [0.25, 0.3) is 0 Å². The van der Waals surface area contributed by atoms with Gasteiger partial charge < -0.3 is 5.73 Å². The molecule has 0 heterocycles. The van der Waals surface area contributed by atoms with E-state index >= 15 is 0 Å². The van der Waals surface area contributed by atoms with Crippen LogP contribution in [0.1, 0.15) is 11.1 Å². The van der Waals surface area contributed by atoms with Gasteiger partial charge in [-0.05, 0) is 35.9 Å². The monoisotopic (exact) mass is 306 g/mol. The highest BCUT2D eigenvalue weighted by Crippen LogP contribution is 2.26. The van der Waals surface area contributed by atoms with Gasteiger partial charge in [-0.15, -0.1) is 0 Å². The number of halogens is 1. The maximum atomic E-state index is 12.4. The third kappa shape index (κ3) is 3.10. The van der Waals surface area contributed by atoms with E-state index in [0.717, 1.165) is 0 Å². The fraction of sp³-hybridized carbons (Fsp3) is 0.0714. The summed E-state index contributed by atoms with van der Waals surface area (Å²) < 4.78 is 24.7. The molecule has 20 heavy (non-hydrogen) atoms. The molecule has 0 aliphatic rings. The molecular weight excluding hydrogens is 296 g/mol. The van der Waals surface area contributed by atoms with Crippen molar-refractivity contribution in [1.82, 2.24) is 0 Å². The van der Waals surface area contributed by atoms with Crippen molar-refractivity contribution >= 4 is 27.1 Å². The summed E-state index contributed by atoms with van der Waals surface area (Å²) >= 11 is 5.81. The van der Waals surface area contributed by atoms with E-state index < -0.39 is 9.84 Å². The van der Waals surface area contributed by atoms with Crippen molar-refractivity contribution in [1.29, 1.82) is 5.26 Å². The number of nitrogens with two attached hydrogens (primary N) is 1. The minimum Gasteiger partial charge on any atom is -0.398 e. The van der Waals surface area contributed by atoms with E-state index in [-0.39, 0.29) is 16.3 Å². The number of hydrogen-bond acceptors (Lipinski definition) is 4. The van der Waals surface area contributed by atoms with Gasteiger partial charge in [-0.1, -0.05) is 23.7 Å². The zero-order chi connectivity index (χ0) is 14.8.